The molecule has 4 heterocycles. The standard InChI is InChI=1S/C24H20N4OS2/c30-24-27-22(19-8-4-5-13-26-19)23(28(24)16-17-11-14-25-15-12-17)20-9-10-21(29-20)31-18-6-2-1-3-7-18/h1-15,22-23H,16H2,(H,27,30)/t22-,23-/m1/s1. The second-order valence-corrected chi connectivity index (χ2v) is 8.65. The monoisotopic (exact) mass is 444 g/mol. The zero-order valence-corrected chi connectivity index (χ0v) is 18.2. The van der Waals surface area contributed by atoms with Crippen LogP contribution in [-0.2, 0) is 6.54 Å². The zero-order chi connectivity index (χ0) is 21.0. The minimum atomic E-state index is -0.110. The van der Waals surface area contributed by atoms with E-state index in [1.165, 1.54) is 0 Å². The molecule has 5 rings (SSSR count). The number of nitrogens with zero attached hydrogens (tertiary/aromatic N) is 3. The molecule has 154 valence electrons. The maximum Gasteiger partial charge on any atom is 0.170 e. The number of furan rings is 1. The average molecular weight is 445 g/mol. The summed E-state index contributed by atoms with van der Waals surface area (Å²) in [6.45, 7) is 0.657. The molecule has 5 nitrogen and oxygen atoms in total. The van der Waals surface area contributed by atoms with Gasteiger partial charge in [0, 0.05) is 30.0 Å². The summed E-state index contributed by atoms with van der Waals surface area (Å²) >= 11 is 7.34. The minimum Gasteiger partial charge on any atom is -0.452 e. The Balaban J connectivity index is 1.48. The maximum atomic E-state index is 6.32. The normalized spacial score (nSPS) is 18.2. The van der Waals surface area contributed by atoms with Gasteiger partial charge in [0.2, 0.25) is 0 Å². The summed E-state index contributed by atoms with van der Waals surface area (Å²) in [5.41, 5.74) is 2.07. The SMILES string of the molecule is S=C1N[C@H](c2ccccn2)[C@@H](c2ccc(Sc3ccccc3)o2)N1Cc1ccncc1. The van der Waals surface area contributed by atoms with Gasteiger partial charge in [-0.1, -0.05) is 36.0 Å². The van der Waals surface area contributed by atoms with E-state index in [-0.39, 0.29) is 12.1 Å². The molecule has 1 aliphatic rings. The summed E-state index contributed by atoms with van der Waals surface area (Å²) in [6, 6.07) is 24.0. The van der Waals surface area contributed by atoms with E-state index in [1.807, 2.05) is 66.9 Å². The van der Waals surface area contributed by atoms with E-state index in [9.17, 15) is 0 Å². The third-order valence-corrected chi connectivity index (χ3v) is 6.44. The third-order valence-electron chi connectivity index (χ3n) is 5.16. The number of benzene rings is 1. The quantitative estimate of drug-likeness (QED) is 0.400. The second kappa shape index (κ2) is 8.91. The van der Waals surface area contributed by atoms with Crippen molar-refractivity contribution in [1.82, 2.24) is 20.2 Å². The Labute approximate surface area is 190 Å². The topological polar surface area (TPSA) is 54.2 Å². The Morgan fingerprint density at radius 2 is 1.74 bits per heavy atom. The maximum absolute atomic E-state index is 6.32. The van der Waals surface area contributed by atoms with Crippen LogP contribution in [0.1, 0.15) is 29.1 Å². The summed E-state index contributed by atoms with van der Waals surface area (Å²) < 4.78 is 6.32. The molecule has 0 aliphatic carbocycles. The molecule has 1 aromatic carbocycles. The molecule has 7 heteroatoms. The van der Waals surface area contributed by atoms with Gasteiger partial charge in [-0.05, 0) is 66.3 Å². The molecule has 2 atom stereocenters. The predicted molar refractivity (Wildman–Crippen MR) is 125 cm³/mol. The van der Waals surface area contributed by atoms with Gasteiger partial charge in [0.05, 0.1) is 11.7 Å². The van der Waals surface area contributed by atoms with Crippen molar-refractivity contribution < 1.29 is 4.42 Å². The molecular formula is C24H20N4OS2. The zero-order valence-electron chi connectivity index (χ0n) is 16.6. The van der Waals surface area contributed by atoms with Gasteiger partial charge in [0.25, 0.3) is 0 Å². The molecule has 0 spiro atoms. The lowest BCUT2D eigenvalue weighted by atomic mass is 10.0. The Morgan fingerprint density at radius 1 is 0.935 bits per heavy atom. The number of thiocarbonyl (C=S) groups is 1. The van der Waals surface area contributed by atoms with Crippen LogP contribution in [0.4, 0.5) is 0 Å². The lowest BCUT2D eigenvalue weighted by Crippen LogP contribution is -2.29. The molecule has 0 radical (unpaired) electrons. The highest BCUT2D eigenvalue weighted by Crippen LogP contribution is 2.41. The van der Waals surface area contributed by atoms with Crippen LogP contribution < -0.4 is 5.32 Å². The molecule has 4 aromatic rings. The summed E-state index contributed by atoms with van der Waals surface area (Å²) in [6.07, 6.45) is 5.41. The summed E-state index contributed by atoms with van der Waals surface area (Å²) in [7, 11) is 0. The number of hydrogen-bond donors (Lipinski definition) is 1. The fraction of sp³-hybridized carbons (Fsp3) is 0.125. The number of pyridine rings is 2. The van der Waals surface area contributed by atoms with Crippen LogP contribution in [0.5, 0.6) is 0 Å². The average Bonchev–Trinajstić information content (AvgIpc) is 3.40. The molecule has 0 saturated carbocycles. The van der Waals surface area contributed by atoms with Crippen molar-refractivity contribution in [2.75, 3.05) is 0 Å². The van der Waals surface area contributed by atoms with E-state index in [4.69, 9.17) is 16.6 Å². The van der Waals surface area contributed by atoms with Gasteiger partial charge < -0.3 is 14.6 Å². The molecular weight excluding hydrogens is 424 g/mol. The predicted octanol–water partition coefficient (Wildman–Crippen LogP) is 5.39. The van der Waals surface area contributed by atoms with Gasteiger partial charge in [0.1, 0.15) is 11.8 Å². The summed E-state index contributed by atoms with van der Waals surface area (Å²) in [5.74, 6) is 0.857. The largest absolute Gasteiger partial charge is 0.452 e. The first-order valence-corrected chi connectivity index (χ1v) is 11.2. The fourth-order valence-corrected chi connectivity index (χ4v) is 4.83. The van der Waals surface area contributed by atoms with Gasteiger partial charge in [-0.2, -0.15) is 0 Å². The molecule has 1 fully saturated rings. The first-order valence-electron chi connectivity index (χ1n) is 9.97. The van der Waals surface area contributed by atoms with Crippen molar-refractivity contribution in [3.8, 4) is 0 Å². The summed E-state index contributed by atoms with van der Waals surface area (Å²) in [5, 5.41) is 5.00. The fourth-order valence-electron chi connectivity index (χ4n) is 3.72. The molecule has 0 bridgehead atoms. The number of hydrogen-bond acceptors (Lipinski definition) is 5. The van der Waals surface area contributed by atoms with Gasteiger partial charge in [-0.3, -0.25) is 9.97 Å². The van der Waals surface area contributed by atoms with Gasteiger partial charge in [-0.15, -0.1) is 0 Å². The van der Waals surface area contributed by atoms with Crippen molar-refractivity contribution in [2.45, 2.75) is 28.6 Å². The third kappa shape index (κ3) is 4.33. The van der Waals surface area contributed by atoms with Crippen molar-refractivity contribution in [3.05, 3.63) is 108 Å². The van der Waals surface area contributed by atoms with Crippen LogP contribution in [0.25, 0.3) is 0 Å². The van der Waals surface area contributed by atoms with E-state index in [0.717, 1.165) is 27.0 Å². The Morgan fingerprint density at radius 3 is 2.52 bits per heavy atom. The molecule has 31 heavy (non-hydrogen) atoms. The van der Waals surface area contributed by atoms with Crippen LogP contribution >= 0.6 is 24.0 Å². The van der Waals surface area contributed by atoms with E-state index in [2.05, 4.69) is 32.3 Å². The van der Waals surface area contributed by atoms with E-state index < -0.39 is 0 Å². The molecule has 1 aliphatic heterocycles. The Kier molecular flexibility index (Phi) is 5.69. The highest BCUT2D eigenvalue weighted by molar-refractivity contribution is 7.99. The number of aromatic nitrogens is 2. The molecule has 1 N–H and O–H groups in total. The lowest BCUT2D eigenvalue weighted by Gasteiger charge is -2.26. The van der Waals surface area contributed by atoms with Gasteiger partial charge in [-0.25, -0.2) is 0 Å². The molecule has 0 unspecified atom stereocenters. The highest BCUT2D eigenvalue weighted by atomic mass is 32.2. The van der Waals surface area contributed by atoms with Gasteiger partial charge in [0.15, 0.2) is 10.2 Å². The van der Waals surface area contributed by atoms with Gasteiger partial charge >= 0.3 is 0 Å². The van der Waals surface area contributed by atoms with Crippen LogP contribution in [0.3, 0.4) is 0 Å². The smallest absolute Gasteiger partial charge is 0.170 e. The minimum absolute atomic E-state index is 0.101. The van der Waals surface area contributed by atoms with E-state index >= 15 is 0 Å². The first kappa shape index (κ1) is 19.8. The van der Waals surface area contributed by atoms with Crippen LogP contribution in [0, 0.1) is 0 Å². The van der Waals surface area contributed by atoms with Crippen LogP contribution in [-0.4, -0.2) is 20.0 Å². The molecule has 3 aromatic heterocycles. The first-order chi connectivity index (χ1) is 15.3. The Bertz CT molecular complexity index is 1150. The van der Waals surface area contributed by atoms with Crippen LogP contribution in [0.15, 0.2) is 106 Å². The lowest BCUT2D eigenvalue weighted by molar-refractivity contribution is 0.254. The van der Waals surface area contributed by atoms with E-state index in [1.54, 1.807) is 24.2 Å². The summed E-state index contributed by atoms with van der Waals surface area (Å²) in [4.78, 5) is 12.0. The Hall–Kier alpha value is -3.16. The van der Waals surface area contributed by atoms with Crippen molar-refractivity contribution in [3.63, 3.8) is 0 Å². The second-order valence-electron chi connectivity index (χ2n) is 7.18. The molecule has 0 amide bonds. The number of nitrogens with one attached hydrogen (secondary N) is 1. The van der Waals surface area contributed by atoms with Crippen LogP contribution in [0.2, 0.25) is 0 Å². The van der Waals surface area contributed by atoms with E-state index in [0.29, 0.717) is 11.7 Å². The van der Waals surface area contributed by atoms with Crippen molar-refractivity contribution >= 4 is 29.1 Å². The van der Waals surface area contributed by atoms with Crippen molar-refractivity contribution in [2.24, 2.45) is 0 Å². The number of rotatable bonds is 6. The van der Waals surface area contributed by atoms with Crippen molar-refractivity contribution in [1.29, 1.82) is 0 Å². The highest BCUT2D eigenvalue weighted by Gasteiger charge is 2.41. The molecule has 1 saturated heterocycles.